The van der Waals surface area contributed by atoms with Gasteiger partial charge in [-0.25, -0.2) is 0 Å². The van der Waals surface area contributed by atoms with Crippen LogP contribution in [-0.2, 0) is 4.74 Å². The minimum absolute atomic E-state index is 0.0190. The summed E-state index contributed by atoms with van der Waals surface area (Å²) in [6.45, 7) is 10.6. The van der Waals surface area contributed by atoms with Crippen molar-refractivity contribution in [2.45, 2.75) is 105 Å². The molecule has 0 radical (unpaired) electrons. The third kappa shape index (κ3) is 5.55. The Morgan fingerprint density at radius 3 is 2.09 bits per heavy atom. The van der Waals surface area contributed by atoms with Crippen molar-refractivity contribution < 1.29 is 13.9 Å². The van der Waals surface area contributed by atoms with Gasteiger partial charge in [0.25, 0.3) is 0 Å². The number of carbonyl (C=O) groups is 1. The maximum atomic E-state index is 16.2. The normalized spacial score (nSPS) is 14.1. The van der Waals surface area contributed by atoms with E-state index in [0.717, 1.165) is 66.0 Å². The van der Waals surface area contributed by atoms with Crippen molar-refractivity contribution in [2.24, 2.45) is 0 Å². The van der Waals surface area contributed by atoms with Crippen molar-refractivity contribution in [1.82, 2.24) is 4.57 Å². The summed E-state index contributed by atoms with van der Waals surface area (Å²) >= 11 is -3.10. The molecule has 6 heteroatoms. The Labute approximate surface area is 208 Å². The number of aryl methyl sites for hydroxylation is 1. The molecule has 4 nitrogen and oxygen atoms in total. The van der Waals surface area contributed by atoms with Gasteiger partial charge in [0.15, 0.2) is 0 Å². The Morgan fingerprint density at radius 1 is 1.06 bits per heavy atom. The third-order valence-electron chi connectivity index (χ3n) is 7.50. The molecule has 34 heavy (non-hydrogen) atoms. The van der Waals surface area contributed by atoms with E-state index in [0.29, 0.717) is 5.39 Å². The van der Waals surface area contributed by atoms with Crippen LogP contribution in [0.5, 0.6) is 0 Å². The zero-order valence-electron chi connectivity index (χ0n) is 21.8. The van der Waals surface area contributed by atoms with E-state index >= 15 is 4.39 Å². The van der Waals surface area contributed by atoms with Gasteiger partial charge in [-0.15, -0.1) is 0 Å². The van der Waals surface area contributed by atoms with Gasteiger partial charge in [-0.3, -0.25) is 0 Å². The first-order chi connectivity index (χ1) is 16.3. The fourth-order valence-corrected chi connectivity index (χ4v) is 23.0. The van der Waals surface area contributed by atoms with E-state index in [2.05, 4.69) is 25.3 Å². The number of benzene rings is 1. The van der Waals surface area contributed by atoms with E-state index in [1.165, 1.54) is 19.4 Å². The number of carbonyl (C=O) groups excluding carboxylic acids is 1. The molecule has 188 valence electrons. The fraction of sp³-hybridized carbons (Fsp3) is 0.643. The van der Waals surface area contributed by atoms with Gasteiger partial charge in [-0.2, -0.15) is 0 Å². The quantitative estimate of drug-likeness (QED) is 0.190. The molecule has 0 saturated heterocycles. The molecule has 1 aliphatic carbocycles. The summed E-state index contributed by atoms with van der Waals surface area (Å²) in [5, 5.41) is 0.331. The molecule has 0 amide bonds. The van der Waals surface area contributed by atoms with Crippen molar-refractivity contribution in [3.8, 4) is 0 Å². The first-order valence-corrected chi connectivity index (χ1v) is 20.9. The predicted octanol–water partition coefficient (Wildman–Crippen LogP) is 7.02. The Bertz CT molecular complexity index is 1050. The predicted molar refractivity (Wildman–Crippen MR) is 142 cm³/mol. The van der Waals surface area contributed by atoms with Crippen molar-refractivity contribution in [3.05, 3.63) is 39.4 Å². The van der Waals surface area contributed by atoms with E-state index < -0.39 is 29.8 Å². The number of unbranched alkanes of at least 4 members (excludes halogenated alkanes) is 3. The van der Waals surface area contributed by atoms with Gasteiger partial charge in [0, 0.05) is 0 Å². The van der Waals surface area contributed by atoms with Gasteiger partial charge >= 0.3 is 209 Å². The molecule has 1 aromatic carbocycles. The number of esters is 1. The average molecular weight is 578 g/mol. The first-order valence-electron chi connectivity index (χ1n) is 13.4. The second-order valence-corrected chi connectivity index (χ2v) is 23.1. The number of hydrogen-bond acceptors (Lipinski definition) is 3. The maximum absolute atomic E-state index is 16.2. The minimum atomic E-state index is -3.10. The van der Waals surface area contributed by atoms with Gasteiger partial charge in [0.05, 0.1) is 0 Å². The zero-order valence-corrected chi connectivity index (χ0v) is 24.6. The van der Waals surface area contributed by atoms with Crippen LogP contribution >= 0.6 is 0 Å². The number of halogens is 1. The summed E-state index contributed by atoms with van der Waals surface area (Å²) < 4.78 is 27.9. The molecule has 0 bridgehead atoms. The van der Waals surface area contributed by atoms with E-state index in [1.807, 2.05) is 6.92 Å². The standard InChI is InChI=1S/C16H15FNO3.3C4H9.Sn/c1-3-21-16(20)13-8-18(11-4-5-11)14-9(2)6-10(17)7-12(14)15(13)19;3*1-3-4-2;/h7-8,11H,3-5H2,1-2H3;3*1,3-4H2,2H3;. The van der Waals surface area contributed by atoms with Gasteiger partial charge in [0.2, 0.25) is 0 Å². The summed E-state index contributed by atoms with van der Waals surface area (Å²) in [6, 6.07) is 1.73. The molecule has 0 aliphatic heterocycles. The van der Waals surface area contributed by atoms with E-state index in [9.17, 15) is 9.59 Å². The number of pyridine rings is 1. The van der Waals surface area contributed by atoms with Crippen LogP contribution in [0.4, 0.5) is 4.39 Å². The van der Waals surface area contributed by atoms with Gasteiger partial charge in [0.1, 0.15) is 0 Å². The van der Waals surface area contributed by atoms with Crippen molar-refractivity contribution in [2.75, 3.05) is 6.61 Å². The molecule has 1 aromatic heterocycles. The topological polar surface area (TPSA) is 48.3 Å². The number of ether oxygens (including phenoxy) is 1. The molecule has 1 heterocycles. The van der Waals surface area contributed by atoms with Crippen molar-refractivity contribution >= 4 is 38.8 Å². The first kappa shape index (κ1) is 27.2. The summed E-state index contributed by atoms with van der Waals surface area (Å²) in [6.07, 6.45) is 10.6. The molecular formula is C28H42FNO3Sn. The Hall–Kier alpha value is -1.37. The van der Waals surface area contributed by atoms with Crippen LogP contribution < -0.4 is 9.01 Å². The Morgan fingerprint density at radius 2 is 1.62 bits per heavy atom. The third-order valence-corrected chi connectivity index (χ3v) is 23.5. The average Bonchev–Trinajstić information content (AvgIpc) is 3.65. The number of nitrogens with zero attached hydrogens (tertiary/aromatic N) is 1. The van der Waals surface area contributed by atoms with E-state index in [1.54, 1.807) is 13.1 Å². The molecule has 1 saturated carbocycles. The van der Waals surface area contributed by atoms with Gasteiger partial charge in [-0.05, 0) is 0 Å². The molecule has 1 fully saturated rings. The van der Waals surface area contributed by atoms with E-state index in [-0.39, 0.29) is 24.0 Å². The Kier molecular flexibility index (Phi) is 9.64. The SMILES string of the molecule is CCC[CH2][Sn]([CH2]CCC)([CH2]CCC)[c]1c(F)cc2c(=O)c(C(=O)OCC)cn(C3CC3)c2c1C. The second-order valence-electron chi connectivity index (χ2n) is 10.1. The molecule has 0 N–H and O–H groups in total. The van der Waals surface area contributed by atoms with Crippen LogP contribution in [0.1, 0.15) is 101 Å². The van der Waals surface area contributed by atoms with Crippen LogP contribution in [0.15, 0.2) is 17.1 Å². The van der Waals surface area contributed by atoms with Crippen LogP contribution in [0, 0.1) is 12.7 Å². The van der Waals surface area contributed by atoms with Crippen LogP contribution in [0.25, 0.3) is 10.9 Å². The number of rotatable bonds is 13. The second kappa shape index (κ2) is 12.0. The molecule has 0 unspecified atom stereocenters. The van der Waals surface area contributed by atoms with Crippen molar-refractivity contribution in [3.63, 3.8) is 0 Å². The summed E-state index contributed by atoms with van der Waals surface area (Å²) in [4.78, 5) is 25.9. The Balaban J connectivity index is 2.32. The monoisotopic (exact) mass is 579 g/mol. The van der Waals surface area contributed by atoms with Crippen LogP contribution in [0.3, 0.4) is 0 Å². The van der Waals surface area contributed by atoms with Crippen LogP contribution in [-0.4, -0.2) is 35.5 Å². The fourth-order valence-electron chi connectivity index (χ4n) is 5.62. The summed E-state index contributed by atoms with van der Waals surface area (Å²) in [5.74, 6) is -0.821. The van der Waals surface area contributed by atoms with Gasteiger partial charge < -0.3 is 0 Å². The summed E-state index contributed by atoms with van der Waals surface area (Å²) in [5.41, 5.74) is 1.43. The molecule has 1 aliphatic rings. The molecular weight excluding hydrogens is 536 g/mol. The molecule has 0 spiro atoms. The number of fused-ring (bicyclic) bond motifs is 1. The van der Waals surface area contributed by atoms with E-state index in [4.69, 9.17) is 4.74 Å². The summed E-state index contributed by atoms with van der Waals surface area (Å²) in [7, 11) is 0. The molecule has 2 aromatic rings. The van der Waals surface area contributed by atoms with Crippen LogP contribution in [0.2, 0.25) is 13.3 Å². The molecule has 3 rings (SSSR count). The van der Waals surface area contributed by atoms with Gasteiger partial charge in [-0.1, -0.05) is 0 Å². The van der Waals surface area contributed by atoms with Crippen molar-refractivity contribution in [1.29, 1.82) is 0 Å². The number of hydrogen-bond donors (Lipinski definition) is 0. The number of aromatic nitrogens is 1. The zero-order chi connectivity index (χ0) is 24.9. The molecule has 0 atom stereocenters.